The fourth-order valence-electron chi connectivity index (χ4n) is 1.78. The van der Waals surface area contributed by atoms with Gasteiger partial charge in [-0.2, -0.15) is 0 Å². The van der Waals surface area contributed by atoms with Gasteiger partial charge in [0.15, 0.2) is 0 Å². The van der Waals surface area contributed by atoms with Gasteiger partial charge in [-0.3, -0.25) is 0 Å². The summed E-state index contributed by atoms with van der Waals surface area (Å²) in [5.41, 5.74) is 0.176. The molecule has 0 aromatic heterocycles. The number of carbonyl (C=O) groups excluding carboxylic acids is 2. The smallest absolute Gasteiger partial charge is 0.342 e. The predicted octanol–water partition coefficient (Wildman–Crippen LogP) is 2.36. The van der Waals surface area contributed by atoms with Crippen molar-refractivity contribution in [3.63, 3.8) is 0 Å². The Morgan fingerprint density at radius 3 is 1.69 bits per heavy atom. The van der Waals surface area contributed by atoms with Crippen LogP contribution in [-0.4, -0.2) is 34.1 Å². The van der Waals surface area contributed by atoms with Crippen molar-refractivity contribution in [3.8, 4) is 5.75 Å². The Kier molecular flexibility index (Phi) is 5.83. The molecule has 0 saturated heterocycles. The zero-order chi connectivity index (χ0) is 19.1. The second-order valence-electron chi connectivity index (χ2n) is 4.84. The van der Waals surface area contributed by atoms with E-state index in [0.29, 0.717) is 0 Å². The predicted molar refractivity (Wildman–Crippen MR) is 87.0 cm³/mol. The van der Waals surface area contributed by atoms with Crippen molar-refractivity contribution in [2.24, 2.45) is 0 Å². The Morgan fingerprint density at radius 2 is 1.19 bits per heavy atom. The zero-order valence-corrected chi connectivity index (χ0v) is 13.1. The van der Waals surface area contributed by atoms with Crippen LogP contribution in [0.2, 0.25) is 0 Å². The number of carboxylic acids is 2. The third-order valence-electron chi connectivity index (χ3n) is 3.07. The normalized spacial score (nSPS) is 10.3. The van der Waals surface area contributed by atoms with Gasteiger partial charge in [-0.25, -0.2) is 19.2 Å². The van der Waals surface area contributed by atoms with E-state index < -0.39 is 23.9 Å². The largest absolute Gasteiger partial charge is 0.478 e. The summed E-state index contributed by atoms with van der Waals surface area (Å²) in [5, 5.41) is 17.5. The fraction of sp³-hybridized carbons (Fsp3) is 0. The Morgan fingerprint density at radius 1 is 0.731 bits per heavy atom. The summed E-state index contributed by atoms with van der Waals surface area (Å²) >= 11 is 0. The molecule has 132 valence electrons. The summed E-state index contributed by atoms with van der Waals surface area (Å²) in [6.45, 7) is 0. The van der Waals surface area contributed by atoms with Crippen molar-refractivity contribution < 1.29 is 38.9 Å². The monoisotopic (exact) mass is 356 g/mol. The molecule has 0 unspecified atom stereocenters. The third-order valence-corrected chi connectivity index (χ3v) is 3.07. The molecule has 0 bridgehead atoms. The second-order valence-corrected chi connectivity index (χ2v) is 4.84. The number of benzene rings is 2. The summed E-state index contributed by atoms with van der Waals surface area (Å²) in [5.74, 6) is -3.71. The lowest BCUT2D eigenvalue weighted by Crippen LogP contribution is -2.06. The average molecular weight is 356 g/mol. The van der Waals surface area contributed by atoms with Crippen molar-refractivity contribution in [2.75, 3.05) is 0 Å². The van der Waals surface area contributed by atoms with E-state index in [4.69, 9.17) is 19.7 Å². The standard InChI is InChI=1S/C18H12O8/c19-15(26-14-7-5-12(6-8-14)17(22)23)9-10-25-18(24)13-3-1-11(2-4-13)16(20)21/h1-10H,(H,20,21)(H,22,23). The van der Waals surface area contributed by atoms with Gasteiger partial charge >= 0.3 is 23.9 Å². The summed E-state index contributed by atoms with van der Waals surface area (Å²) in [6.07, 6.45) is 1.70. The van der Waals surface area contributed by atoms with Gasteiger partial charge in [0, 0.05) is 0 Å². The first-order chi connectivity index (χ1) is 12.4. The molecule has 2 N–H and O–H groups in total. The van der Waals surface area contributed by atoms with Crippen LogP contribution >= 0.6 is 0 Å². The van der Waals surface area contributed by atoms with Gasteiger partial charge in [0.2, 0.25) is 0 Å². The summed E-state index contributed by atoms with van der Waals surface area (Å²) in [7, 11) is 0. The molecule has 0 aliphatic heterocycles. The van der Waals surface area contributed by atoms with Crippen LogP contribution in [0.15, 0.2) is 60.9 Å². The van der Waals surface area contributed by atoms with E-state index >= 15 is 0 Å². The van der Waals surface area contributed by atoms with Crippen molar-refractivity contribution >= 4 is 23.9 Å². The molecule has 2 aromatic rings. The Balaban J connectivity index is 1.88. The fourth-order valence-corrected chi connectivity index (χ4v) is 1.78. The summed E-state index contributed by atoms with van der Waals surface area (Å²) < 4.78 is 9.65. The maximum Gasteiger partial charge on any atom is 0.342 e. The molecule has 0 aliphatic rings. The van der Waals surface area contributed by atoms with Crippen LogP contribution in [0.25, 0.3) is 0 Å². The van der Waals surface area contributed by atoms with Gasteiger partial charge < -0.3 is 19.7 Å². The number of carboxylic acid groups (broad SMARTS) is 2. The molecule has 2 aromatic carbocycles. The number of hydrogen-bond donors (Lipinski definition) is 2. The number of carbonyl (C=O) groups is 4. The molecule has 0 saturated carbocycles. The number of esters is 2. The minimum atomic E-state index is -1.12. The van der Waals surface area contributed by atoms with Crippen molar-refractivity contribution in [1.82, 2.24) is 0 Å². The van der Waals surface area contributed by atoms with Crippen LogP contribution in [0.1, 0.15) is 31.1 Å². The highest BCUT2D eigenvalue weighted by molar-refractivity contribution is 5.93. The lowest BCUT2D eigenvalue weighted by Gasteiger charge is -2.02. The van der Waals surface area contributed by atoms with Gasteiger partial charge in [-0.1, -0.05) is 0 Å². The lowest BCUT2D eigenvalue weighted by atomic mass is 10.1. The molecule has 0 fully saturated rings. The minimum absolute atomic E-state index is 0.0228. The van der Waals surface area contributed by atoms with Crippen LogP contribution in [-0.2, 0) is 9.53 Å². The summed E-state index contributed by atoms with van der Waals surface area (Å²) in [4.78, 5) is 44.8. The number of hydrogen-bond acceptors (Lipinski definition) is 6. The van der Waals surface area contributed by atoms with Crippen LogP contribution < -0.4 is 4.74 Å². The Hall–Kier alpha value is -3.94. The molecule has 0 radical (unpaired) electrons. The van der Waals surface area contributed by atoms with E-state index in [1.807, 2.05) is 0 Å². The first-order valence-electron chi connectivity index (χ1n) is 7.13. The Labute approximate surface area is 146 Å². The molecule has 26 heavy (non-hydrogen) atoms. The SMILES string of the molecule is O=C(C=COC(=O)c1ccc(C(=O)O)cc1)Oc1ccc(C(=O)O)cc1. The van der Waals surface area contributed by atoms with Crippen LogP contribution in [0.4, 0.5) is 0 Å². The van der Waals surface area contributed by atoms with Gasteiger partial charge in [0.1, 0.15) is 12.0 Å². The highest BCUT2D eigenvalue weighted by Gasteiger charge is 2.09. The van der Waals surface area contributed by atoms with E-state index in [-0.39, 0.29) is 22.4 Å². The van der Waals surface area contributed by atoms with Crippen LogP contribution in [0.3, 0.4) is 0 Å². The molecule has 0 atom stereocenters. The highest BCUT2D eigenvalue weighted by Crippen LogP contribution is 2.12. The third kappa shape index (κ3) is 5.03. The van der Waals surface area contributed by atoms with Gasteiger partial charge in [-0.15, -0.1) is 0 Å². The molecule has 0 heterocycles. The number of aromatic carboxylic acids is 2. The molecule has 2 rings (SSSR count). The number of rotatable bonds is 6. The van der Waals surface area contributed by atoms with Crippen molar-refractivity contribution in [2.45, 2.75) is 0 Å². The molecular formula is C18H12O8. The molecule has 0 spiro atoms. The topological polar surface area (TPSA) is 127 Å². The van der Waals surface area contributed by atoms with Gasteiger partial charge in [0.25, 0.3) is 0 Å². The highest BCUT2D eigenvalue weighted by atomic mass is 16.5. The van der Waals surface area contributed by atoms with Crippen LogP contribution in [0.5, 0.6) is 5.75 Å². The minimum Gasteiger partial charge on any atom is -0.478 e. The molecule has 0 amide bonds. The maximum atomic E-state index is 11.7. The molecule has 8 nitrogen and oxygen atoms in total. The quantitative estimate of drug-likeness (QED) is 0.349. The molecule has 0 aliphatic carbocycles. The van der Waals surface area contributed by atoms with E-state index in [0.717, 1.165) is 12.3 Å². The van der Waals surface area contributed by atoms with Crippen molar-refractivity contribution in [3.05, 3.63) is 77.6 Å². The van der Waals surface area contributed by atoms with E-state index in [2.05, 4.69) is 0 Å². The van der Waals surface area contributed by atoms with Crippen LogP contribution in [0, 0.1) is 0 Å². The van der Waals surface area contributed by atoms with Gasteiger partial charge in [-0.05, 0) is 48.5 Å². The maximum absolute atomic E-state index is 11.7. The first kappa shape index (κ1) is 18.4. The average Bonchev–Trinajstić information content (AvgIpc) is 2.62. The summed E-state index contributed by atoms with van der Waals surface area (Å²) in [6, 6.07) is 10.2. The first-order valence-corrected chi connectivity index (χ1v) is 7.13. The molecule has 8 heteroatoms. The van der Waals surface area contributed by atoms with E-state index in [1.54, 1.807) is 0 Å². The molecular weight excluding hydrogens is 344 g/mol. The van der Waals surface area contributed by atoms with E-state index in [1.165, 1.54) is 48.5 Å². The van der Waals surface area contributed by atoms with E-state index in [9.17, 15) is 19.2 Å². The number of ether oxygens (including phenoxy) is 2. The Bertz CT molecular complexity index is 863. The zero-order valence-electron chi connectivity index (χ0n) is 13.1. The second kappa shape index (κ2) is 8.25. The van der Waals surface area contributed by atoms with Gasteiger partial charge in [0.05, 0.1) is 22.8 Å². The van der Waals surface area contributed by atoms with Crippen molar-refractivity contribution in [1.29, 1.82) is 0 Å². The lowest BCUT2D eigenvalue weighted by molar-refractivity contribution is -0.129.